The summed E-state index contributed by atoms with van der Waals surface area (Å²) in [6, 6.07) is 4.25. The van der Waals surface area contributed by atoms with Crippen LogP contribution in [0.4, 0.5) is 5.69 Å². The molecule has 1 aromatic carbocycles. The van der Waals surface area contributed by atoms with Gasteiger partial charge in [-0.3, -0.25) is 10.1 Å². The second-order valence-electron chi connectivity index (χ2n) is 3.48. The van der Waals surface area contributed by atoms with E-state index in [1.807, 2.05) is 0 Å². The van der Waals surface area contributed by atoms with Crippen LogP contribution in [0, 0.1) is 10.1 Å². The van der Waals surface area contributed by atoms with E-state index in [0.717, 1.165) is 0 Å². The Bertz CT molecular complexity index is 371. The van der Waals surface area contributed by atoms with Gasteiger partial charge in [0, 0.05) is 6.07 Å². The highest BCUT2D eigenvalue weighted by Gasteiger charge is 2.21. The largest absolute Gasteiger partial charge is 0.386 e. The smallest absolute Gasteiger partial charge is 0.288 e. The molecule has 0 heterocycles. The average molecular weight is 216 g/mol. The zero-order chi connectivity index (χ0) is 10.9. The summed E-state index contributed by atoms with van der Waals surface area (Å²) in [5, 5.41) is 20.2. The van der Waals surface area contributed by atoms with Crippen molar-refractivity contribution in [1.29, 1.82) is 0 Å². The number of nitro groups is 1. The van der Waals surface area contributed by atoms with E-state index in [1.165, 1.54) is 12.1 Å². The summed E-state index contributed by atoms with van der Waals surface area (Å²) in [6.45, 7) is 3.11. The lowest BCUT2D eigenvalue weighted by Crippen LogP contribution is -2.15. The fourth-order valence-corrected chi connectivity index (χ4v) is 1.22. The number of halogens is 1. The molecule has 0 unspecified atom stereocenters. The highest BCUT2D eigenvalue weighted by atomic mass is 35.5. The average Bonchev–Trinajstić information content (AvgIpc) is 2.02. The molecule has 0 amide bonds. The number of benzene rings is 1. The number of rotatable bonds is 2. The molecular weight excluding hydrogens is 206 g/mol. The van der Waals surface area contributed by atoms with E-state index >= 15 is 0 Å². The summed E-state index contributed by atoms with van der Waals surface area (Å²) in [5.41, 5.74) is -0.824. The van der Waals surface area contributed by atoms with Gasteiger partial charge in [-0.15, -0.1) is 0 Å². The maximum Gasteiger partial charge on any atom is 0.288 e. The van der Waals surface area contributed by atoms with Crippen LogP contribution in [0.25, 0.3) is 0 Å². The Morgan fingerprint density at radius 2 is 2.07 bits per heavy atom. The molecule has 0 radical (unpaired) electrons. The fourth-order valence-electron chi connectivity index (χ4n) is 1.03. The van der Waals surface area contributed by atoms with Crippen LogP contribution in [-0.4, -0.2) is 10.0 Å². The Morgan fingerprint density at radius 3 is 2.50 bits per heavy atom. The summed E-state index contributed by atoms with van der Waals surface area (Å²) in [6.07, 6.45) is 0. The molecule has 0 fully saturated rings. The molecule has 76 valence electrons. The third-order valence-electron chi connectivity index (χ3n) is 1.85. The van der Waals surface area contributed by atoms with Crippen LogP contribution in [0.5, 0.6) is 0 Å². The minimum atomic E-state index is -1.10. The van der Waals surface area contributed by atoms with Crippen LogP contribution in [0.1, 0.15) is 19.4 Å². The van der Waals surface area contributed by atoms with Crippen LogP contribution in [0.15, 0.2) is 18.2 Å². The first-order chi connectivity index (χ1) is 6.32. The third-order valence-corrected chi connectivity index (χ3v) is 2.17. The molecule has 0 aromatic heterocycles. The predicted octanol–water partition coefficient (Wildman–Crippen LogP) is 2.48. The highest BCUT2D eigenvalue weighted by Crippen LogP contribution is 2.29. The maximum atomic E-state index is 10.5. The van der Waals surface area contributed by atoms with Crippen molar-refractivity contribution in [2.75, 3.05) is 0 Å². The number of nitro benzene ring substituents is 1. The van der Waals surface area contributed by atoms with Crippen molar-refractivity contribution >= 4 is 17.3 Å². The van der Waals surface area contributed by atoms with Gasteiger partial charge >= 0.3 is 0 Å². The molecule has 4 nitrogen and oxygen atoms in total. The van der Waals surface area contributed by atoms with E-state index < -0.39 is 10.5 Å². The predicted molar refractivity (Wildman–Crippen MR) is 53.4 cm³/mol. The number of hydrogen-bond acceptors (Lipinski definition) is 3. The molecule has 1 N–H and O–H groups in total. The standard InChI is InChI=1S/C9H10ClNO3/c1-9(2,12)6-3-4-7(10)8(5-6)11(13)14/h3-5,12H,1-2H3. The van der Waals surface area contributed by atoms with E-state index in [2.05, 4.69) is 0 Å². The molecule has 0 aliphatic heterocycles. The van der Waals surface area contributed by atoms with E-state index in [4.69, 9.17) is 11.6 Å². The lowest BCUT2D eigenvalue weighted by molar-refractivity contribution is -0.384. The zero-order valence-electron chi connectivity index (χ0n) is 7.82. The first kappa shape index (κ1) is 10.9. The van der Waals surface area contributed by atoms with Gasteiger partial charge in [-0.1, -0.05) is 17.7 Å². The second-order valence-corrected chi connectivity index (χ2v) is 3.89. The first-order valence-electron chi connectivity index (χ1n) is 3.99. The van der Waals surface area contributed by atoms with Gasteiger partial charge in [-0.05, 0) is 25.5 Å². The molecule has 0 spiro atoms. The molecule has 0 saturated heterocycles. The number of aliphatic hydroxyl groups is 1. The molecule has 0 aliphatic rings. The van der Waals surface area contributed by atoms with Gasteiger partial charge in [0.15, 0.2) is 0 Å². The molecule has 1 rings (SSSR count). The van der Waals surface area contributed by atoms with E-state index in [9.17, 15) is 15.2 Å². The van der Waals surface area contributed by atoms with Gasteiger partial charge in [-0.25, -0.2) is 0 Å². The molecule has 0 atom stereocenters. The monoisotopic (exact) mass is 215 g/mol. The zero-order valence-corrected chi connectivity index (χ0v) is 8.58. The molecule has 1 aromatic rings. The van der Waals surface area contributed by atoms with Crippen LogP contribution >= 0.6 is 11.6 Å². The Kier molecular flexibility index (Phi) is 2.78. The van der Waals surface area contributed by atoms with Gasteiger partial charge in [-0.2, -0.15) is 0 Å². The Morgan fingerprint density at radius 1 is 1.50 bits per heavy atom. The van der Waals surface area contributed by atoms with Gasteiger partial charge in [0.25, 0.3) is 5.69 Å². The fraction of sp³-hybridized carbons (Fsp3) is 0.333. The molecular formula is C9H10ClNO3. The lowest BCUT2D eigenvalue weighted by Gasteiger charge is -2.17. The van der Waals surface area contributed by atoms with Crippen LogP contribution < -0.4 is 0 Å². The topological polar surface area (TPSA) is 63.4 Å². The minimum absolute atomic E-state index is 0.0722. The number of hydrogen-bond donors (Lipinski definition) is 1. The van der Waals surface area contributed by atoms with Crippen LogP contribution in [0.3, 0.4) is 0 Å². The van der Waals surface area contributed by atoms with Crippen LogP contribution in [0.2, 0.25) is 5.02 Å². The van der Waals surface area contributed by atoms with Crippen molar-refractivity contribution in [3.8, 4) is 0 Å². The summed E-state index contributed by atoms with van der Waals surface area (Å²) in [5.74, 6) is 0. The summed E-state index contributed by atoms with van der Waals surface area (Å²) in [4.78, 5) is 9.97. The summed E-state index contributed by atoms with van der Waals surface area (Å²) >= 11 is 5.62. The summed E-state index contributed by atoms with van der Waals surface area (Å²) < 4.78 is 0. The van der Waals surface area contributed by atoms with Crippen molar-refractivity contribution in [3.05, 3.63) is 38.9 Å². The van der Waals surface area contributed by atoms with Gasteiger partial charge < -0.3 is 5.11 Å². The Labute approximate surface area is 86.3 Å². The highest BCUT2D eigenvalue weighted by molar-refractivity contribution is 6.32. The molecule has 0 saturated carbocycles. The van der Waals surface area contributed by atoms with Crippen molar-refractivity contribution in [1.82, 2.24) is 0 Å². The minimum Gasteiger partial charge on any atom is -0.386 e. The molecule has 0 aliphatic carbocycles. The second kappa shape index (κ2) is 3.55. The Balaban J connectivity index is 3.27. The van der Waals surface area contributed by atoms with Crippen molar-refractivity contribution in [2.24, 2.45) is 0 Å². The van der Waals surface area contributed by atoms with Gasteiger partial charge in [0.2, 0.25) is 0 Å². The number of nitrogens with zero attached hydrogens (tertiary/aromatic N) is 1. The lowest BCUT2D eigenvalue weighted by atomic mass is 9.98. The quantitative estimate of drug-likeness (QED) is 0.609. The maximum absolute atomic E-state index is 10.5. The van der Waals surface area contributed by atoms with Crippen molar-refractivity contribution in [2.45, 2.75) is 19.4 Å². The normalized spacial score (nSPS) is 11.4. The molecule has 14 heavy (non-hydrogen) atoms. The SMILES string of the molecule is CC(C)(O)c1ccc(Cl)c([N+](=O)[O-])c1. The first-order valence-corrected chi connectivity index (χ1v) is 4.37. The van der Waals surface area contributed by atoms with E-state index in [1.54, 1.807) is 19.9 Å². The van der Waals surface area contributed by atoms with Gasteiger partial charge in [0.05, 0.1) is 10.5 Å². The molecule has 0 bridgehead atoms. The third kappa shape index (κ3) is 2.21. The molecule has 5 heteroatoms. The van der Waals surface area contributed by atoms with E-state index in [-0.39, 0.29) is 10.7 Å². The van der Waals surface area contributed by atoms with Crippen molar-refractivity contribution < 1.29 is 10.0 Å². The van der Waals surface area contributed by atoms with E-state index in [0.29, 0.717) is 5.56 Å². The van der Waals surface area contributed by atoms with Gasteiger partial charge in [0.1, 0.15) is 5.02 Å². The summed E-state index contributed by atoms with van der Waals surface area (Å²) in [7, 11) is 0. The van der Waals surface area contributed by atoms with Crippen molar-refractivity contribution in [3.63, 3.8) is 0 Å². The Hall–Kier alpha value is -1.13. The van der Waals surface area contributed by atoms with Crippen LogP contribution in [-0.2, 0) is 5.60 Å².